The molecule has 28 heavy (non-hydrogen) atoms. The SMILES string of the molecule is CCC(=O)N1CCC(N(C)C(=O)Nc2ccc(-c3cc(F)cc(F)c3)s2)CC1. The number of piperidine rings is 1. The van der Waals surface area contributed by atoms with Gasteiger partial charge in [0.05, 0.1) is 5.00 Å². The van der Waals surface area contributed by atoms with Crippen molar-refractivity contribution < 1.29 is 18.4 Å². The van der Waals surface area contributed by atoms with E-state index in [1.807, 2.05) is 11.8 Å². The zero-order valence-corrected chi connectivity index (χ0v) is 16.7. The Morgan fingerprint density at radius 1 is 1.18 bits per heavy atom. The fraction of sp³-hybridized carbons (Fsp3) is 0.400. The number of carbonyl (C=O) groups excluding carboxylic acids is 2. The number of likely N-dealkylation sites (tertiary alicyclic amines) is 1. The number of nitrogens with zero attached hydrogens (tertiary/aromatic N) is 2. The molecule has 0 unspecified atom stereocenters. The second-order valence-electron chi connectivity index (χ2n) is 6.83. The Hall–Kier alpha value is -2.48. The van der Waals surface area contributed by atoms with Crippen LogP contribution in [0.15, 0.2) is 30.3 Å². The Labute approximate surface area is 166 Å². The van der Waals surface area contributed by atoms with E-state index in [4.69, 9.17) is 0 Å². The van der Waals surface area contributed by atoms with Crippen LogP contribution in [0.4, 0.5) is 18.6 Å². The zero-order chi connectivity index (χ0) is 20.3. The lowest BCUT2D eigenvalue weighted by atomic mass is 10.0. The van der Waals surface area contributed by atoms with Crippen LogP contribution >= 0.6 is 11.3 Å². The quantitative estimate of drug-likeness (QED) is 0.808. The summed E-state index contributed by atoms with van der Waals surface area (Å²) in [7, 11) is 1.74. The third-order valence-electron chi connectivity index (χ3n) is 4.97. The zero-order valence-electron chi connectivity index (χ0n) is 15.9. The second-order valence-corrected chi connectivity index (χ2v) is 7.91. The van der Waals surface area contributed by atoms with Crippen LogP contribution in [0.2, 0.25) is 0 Å². The summed E-state index contributed by atoms with van der Waals surface area (Å²) in [6, 6.07) is 6.63. The van der Waals surface area contributed by atoms with Crippen molar-refractivity contribution in [1.82, 2.24) is 9.80 Å². The minimum Gasteiger partial charge on any atom is -0.343 e. The molecular formula is C20H23F2N3O2S. The molecule has 0 spiro atoms. The van der Waals surface area contributed by atoms with Gasteiger partial charge >= 0.3 is 6.03 Å². The molecule has 1 fully saturated rings. The Kier molecular flexibility index (Phi) is 6.28. The number of nitrogens with one attached hydrogen (secondary N) is 1. The normalized spacial score (nSPS) is 14.8. The number of benzene rings is 1. The van der Waals surface area contributed by atoms with Gasteiger partial charge < -0.3 is 9.80 Å². The summed E-state index contributed by atoms with van der Waals surface area (Å²) in [6.07, 6.45) is 1.98. The van der Waals surface area contributed by atoms with Gasteiger partial charge in [-0.25, -0.2) is 13.6 Å². The Morgan fingerprint density at radius 2 is 1.82 bits per heavy atom. The smallest absolute Gasteiger partial charge is 0.322 e. The number of anilines is 1. The van der Waals surface area contributed by atoms with Gasteiger partial charge in [-0.15, -0.1) is 11.3 Å². The summed E-state index contributed by atoms with van der Waals surface area (Å²) in [5.41, 5.74) is 0.435. The third-order valence-corrected chi connectivity index (χ3v) is 6.02. The molecule has 1 saturated heterocycles. The summed E-state index contributed by atoms with van der Waals surface area (Å²) in [5, 5.41) is 3.45. The van der Waals surface area contributed by atoms with Crippen molar-refractivity contribution in [3.8, 4) is 10.4 Å². The molecule has 8 heteroatoms. The largest absolute Gasteiger partial charge is 0.343 e. The van der Waals surface area contributed by atoms with Crippen molar-refractivity contribution in [3.05, 3.63) is 42.0 Å². The van der Waals surface area contributed by atoms with Crippen LogP contribution in [0.25, 0.3) is 10.4 Å². The van der Waals surface area contributed by atoms with Crippen molar-refractivity contribution in [1.29, 1.82) is 0 Å². The third kappa shape index (κ3) is 4.67. The first-order valence-electron chi connectivity index (χ1n) is 9.25. The highest BCUT2D eigenvalue weighted by atomic mass is 32.1. The molecule has 2 aromatic rings. The van der Waals surface area contributed by atoms with Crippen LogP contribution in [0, 0.1) is 11.6 Å². The molecule has 1 aliphatic heterocycles. The Morgan fingerprint density at radius 3 is 2.43 bits per heavy atom. The molecule has 0 atom stereocenters. The number of thiophene rings is 1. The standard InChI is InChI=1S/C20H23F2N3O2S/c1-3-19(26)25-8-6-16(7-9-25)24(2)20(27)23-18-5-4-17(28-18)13-10-14(21)12-15(22)11-13/h4-5,10-12,16H,3,6-9H2,1-2H3,(H,23,27). The molecule has 150 valence electrons. The van der Waals surface area contributed by atoms with Crippen molar-refractivity contribution >= 4 is 28.3 Å². The van der Waals surface area contributed by atoms with Gasteiger partial charge in [0.25, 0.3) is 0 Å². The van der Waals surface area contributed by atoms with Gasteiger partial charge in [-0.2, -0.15) is 0 Å². The molecule has 1 aromatic heterocycles. The lowest BCUT2D eigenvalue weighted by Crippen LogP contribution is -2.48. The molecule has 2 heterocycles. The van der Waals surface area contributed by atoms with E-state index in [1.165, 1.54) is 23.5 Å². The second kappa shape index (κ2) is 8.68. The van der Waals surface area contributed by atoms with E-state index in [-0.39, 0.29) is 18.0 Å². The molecule has 1 N–H and O–H groups in total. The van der Waals surface area contributed by atoms with Gasteiger partial charge in [0, 0.05) is 43.5 Å². The van der Waals surface area contributed by atoms with E-state index in [1.54, 1.807) is 24.1 Å². The van der Waals surface area contributed by atoms with E-state index in [0.29, 0.717) is 35.0 Å². The first kappa shape index (κ1) is 20.3. The summed E-state index contributed by atoms with van der Waals surface area (Å²) in [4.78, 5) is 28.5. The maximum Gasteiger partial charge on any atom is 0.322 e. The number of hydrogen-bond donors (Lipinski definition) is 1. The minimum absolute atomic E-state index is 0.0673. The molecule has 0 bridgehead atoms. The number of carbonyl (C=O) groups is 2. The minimum atomic E-state index is -0.637. The monoisotopic (exact) mass is 407 g/mol. The van der Waals surface area contributed by atoms with Gasteiger partial charge in [0.1, 0.15) is 11.6 Å². The van der Waals surface area contributed by atoms with Crippen molar-refractivity contribution in [3.63, 3.8) is 0 Å². The van der Waals surface area contributed by atoms with Crippen LogP contribution in [0.3, 0.4) is 0 Å². The molecule has 1 aliphatic rings. The van der Waals surface area contributed by atoms with E-state index in [2.05, 4.69) is 5.32 Å². The fourth-order valence-electron chi connectivity index (χ4n) is 3.34. The molecule has 0 saturated carbocycles. The molecule has 1 aromatic carbocycles. The first-order valence-corrected chi connectivity index (χ1v) is 10.1. The molecule has 5 nitrogen and oxygen atoms in total. The van der Waals surface area contributed by atoms with E-state index in [9.17, 15) is 18.4 Å². The highest BCUT2D eigenvalue weighted by Crippen LogP contribution is 2.32. The molecule has 0 radical (unpaired) electrons. The average molecular weight is 407 g/mol. The predicted molar refractivity (Wildman–Crippen MR) is 106 cm³/mol. The molecule has 3 rings (SSSR count). The number of rotatable bonds is 4. The number of urea groups is 1. The van der Waals surface area contributed by atoms with Gasteiger partial charge in [0.2, 0.25) is 5.91 Å². The predicted octanol–water partition coefficient (Wildman–Crippen LogP) is 4.56. The Balaban J connectivity index is 1.59. The summed E-state index contributed by atoms with van der Waals surface area (Å²) >= 11 is 1.26. The average Bonchev–Trinajstić information content (AvgIpc) is 3.14. The number of hydrogen-bond acceptors (Lipinski definition) is 3. The lowest BCUT2D eigenvalue weighted by Gasteiger charge is -2.36. The highest BCUT2D eigenvalue weighted by Gasteiger charge is 2.27. The summed E-state index contributed by atoms with van der Waals surface area (Å²) in [6.45, 7) is 3.16. The maximum absolute atomic E-state index is 13.4. The maximum atomic E-state index is 13.4. The fourth-order valence-corrected chi connectivity index (χ4v) is 4.22. The van der Waals surface area contributed by atoms with Crippen LogP contribution in [0.1, 0.15) is 26.2 Å². The van der Waals surface area contributed by atoms with Gasteiger partial charge in [-0.3, -0.25) is 10.1 Å². The first-order chi connectivity index (χ1) is 13.4. The highest BCUT2D eigenvalue weighted by molar-refractivity contribution is 7.19. The van der Waals surface area contributed by atoms with Gasteiger partial charge in [-0.05, 0) is 42.7 Å². The van der Waals surface area contributed by atoms with E-state index < -0.39 is 11.6 Å². The van der Waals surface area contributed by atoms with Crippen LogP contribution in [-0.4, -0.2) is 47.9 Å². The Bertz CT molecular complexity index is 843. The molecular weight excluding hydrogens is 384 g/mol. The topological polar surface area (TPSA) is 52.7 Å². The number of amides is 3. The van der Waals surface area contributed by atoms with Gasteiger partial charge in [0.15, 0.2) is 0 Å². The van der Waals surface area contributed by atoms with Crippen LogP contribution in [-0.2, 0) is 4.79 Å². The summed E-state index contributed by atoms with van der Waals surface area (Å²) in [5.74, 6) is -1.13. The van der Waals surface area contributed by atoms with Crippen molar-refractivity contribution in [2.75, 3.05) is 25.5 Å². The van der Waals surface area contributed by atoms with E-state index in [0.717, 1.165) is 18.9 Å². The molecule has 3 amide bonds. The molecule has 0 aliphatic carbocycles. The van der Waals surface area contributed by atoms with Crippen molar-refractivity contribution in [2.24, 2.45) is 0 Å². The van der Waals surface area contributed by atoms with E-state index >= 15 is 0 Å². The van der Waals surface area contributed by atoms with Gasteiger partial charge in [-0.1, -0.05) is 6.92 Å². The van der Waals surface area contributed by atoms with Crippen LogP contribution in [0.5, 0.6) is 0 Å². The van der Waals surface area contributed by atoms with Crippen LogP contribution < -0.4 is 5.32 Å². The number of halogens is 2. The lowest BCUT2D eigenvalue weighted by molar-refractivity contribution is -0.132. The summed E-state index contributed by atoms with van der Waals surface area (Å²) < 4.78 is 26.8. The van der Waals surface area contributed by atoms with Crippen molar-refractivity contribution in [2.45, 2.75) is 32.2 Å².